The molecule has 3 aromatic heterocycles. The Morgan fingerprint density at radius 3 is 2.90 bits per heavy atom. The number of aromatic nitrogens is 4. The molecular weight excluding hydrogens is 384 g/mol. The molecule has 8 nitrogen and oxygen atoms in total. The van der Waals surface area contributed by atoms with Crippen LogP contribution in [0, 0.1) is 0 Å². The Labute approximate surface area is 164 Å². The van der Waals surface area contributed by atoms with Crippen LogP contribution in [0.25, 0.3) is 5.65 Å². The quantitative estimate of drug-likeness (QED) is 0.704. The first-order chi connectivity index (χ1) is 14.0. The zero-order valence-corrected chi connectivity index (χ0v) is 15.6. The normalized spacial score (nSPS) is 16.9. The van der Waals surface area contributed by atoms with E-state index >= 15 is 0 Å². The van der Waals surface area contributed by atoms with Crippen molar-refractivity contribution in [1.82, 2.24) is 19.4 Å². The number of imidazole rings is 1. The van der Waals surface area contributed by atoms with Crippen molar-refractivity contribution in [1.29, 1.82) is 0 Å². The smallest absolute Gasteiger partial charge is 0.280 e. The van der Waals surface area contributed by atoms with Crippen molar-refractivity contribution in [2.75, 3.05) is 25.6 Å². The molecule has 4 rings (SSSR count). The van der Waals surface area contributed by atoms with Gasteiger partial charge in [-0.2, -0.15) is 4.98 Å². The topological polar surface area (TPSA) is 90.6 Å². The summed E-state index contributed by atoms with van der Waals surface area (Å²) in [5, 5.41) is 2.57. The third kappa shape index (κ3) is 4.02. The Bertz CT molecular complexity index is 1030. The van der Waals surface area contributed by atoms with E-state index in [4.69, 9.17) is 9.47 Å². The number of anilines is 1. The second-order valence-electron chi connectivity index (χ2n) is 6.65. The predicted octanol–water partition coefficient (Wildman–Crippen LogP) is 3.22. The van der Waals surface area contributed by atoms with Gasteiger partial charge in [0.25, 0.3) is 18.2 Å². The number of pyridine rings is 1. The van der Waals surface area contributed by atoms with Gasteiger partial charge < -0.3 is 14.8 Å². The second-order valence-corrected chi connectivity index (χ2v) is 6.65. The highest BCUT2D eigenvalue weighted by Crippen LogP contribution is 2.28. The maximum atomic E-state index is 12.8. The maximum absolute atomic E-state index is 12.8. The summed E-state index contributed by atoms with van der Waals surface area (Å²) < 4.78 is 38.2. The number of halogens is 2. The fraction of sp³-hybridized carbons (Fsp3) is 0.368. The third-order valence-electron chi connectivity index (χ3n) is 4.67. The van der Waals surface area contributed by atoms with Crippen molar-refractivity contribution in [2.24, 2.45) is 0 Å². The van der Waals surface area contributed by atoms with E-state index in [9.17, 15) is 13.6 Å². The van der Waals surface area contributed by atoms with Gasteiger partial charge in [0.05, 0.1) is 25.6 Å². The van der Waals surface area contributed by atoms with Gasteiger partial charge in [0.15, 0.2) is 5.82 Å². The lowest BCUT2D eigenvalue weighted by Crippen LogP contribution is -2.16. The lowest BCUT2D eigenvalue weighted by atomic mass is 9.99. The van der Waals surface area contributed by atoms with E-state index in [0.717, 1.165) is 31.2 Å². The molecule has 1 unspecified atom stereocenters. The van der Waals surface area contributed by atoms with Crippen LogP contribution < -0.4 is 10.1 Å². The first kappa shape index (κ1) is 19.2. The van der Waals surface area contributed by atoms with Crippen molar-refractivity contribution in [3.05, 3.63) is 47.7 Å². The minimum absolute atomic E-state index is 0.130. The number of carbonyl (C=O) groups is 1. The number of fused-ring (bicyclic) bond motifs is 1. The summed E-state index contributed by atoms with van der Waals surface area (Å²) in [7, 11) is 1.46. The highest BCUT2D eigenvalue weighted by atomic mass is 19.3. The van der Waals surface area contributed by atoms with Crippen molar-refractivity contribution < 1.29 is 23.0 Å². The molecule has 4 heterocycles. The number of carbonyl (C=O) groups excluding carboxylic acids is 1. The summed E-state index contributed by atoms with van der Waals surface area (Å²) in [5.74, 6) is -0.0392. The molecule has 0 saturated carbocycles. The predicted molar refractivity (Wildman–Crippen MR) is 99.5 cm³/mol. The molecule has 0 radical (unpaired) electrons. The zero-order valence-electron chi connectivity index (χ0n) is 15.6. The minimum Gasteiger partial charge on any atom is -0.478 e. The van der Waals surface area contributed by atoms with Gasteiger partial charge in [0.2, 0.25) is 5.65 Å². The molecule has 1 aliphatic heterocycles. The minimum atomic E-state index is -2.76. The highest BCUT2D eigenvalue weighted by Gasteiger charge is 2.21. The molecule has 1 atom stereocenters. The van der Waals surface area contributed by atoms with Crippen LogP contribution in [0.5, 0.6) is 5.88 Å². The van der Waals surface area contributed by atoms with E-state index in [2.05, 4.69) is 20.3 Å². The van der Waals surface area contributed by atoms with Crippen molar-refractivity contribution >= 4 is 17.4 Å². The van der Waals surface area contributed by atoms with Gasteiger partial charge in [0.1, 0.15) is 11.4 Å². The number of rotatable bonds is 5. The summed E-state index contributed by atoms with van der Waals surface area (Å²) in [4.78, 5) is 25.0. The largest absolute Gasteiger partial charge is 0.478 e. The molecular formula is C19H19F2N5O3. The van der Waals surface area contributed by atoms with Crippen molar-refractivity contribution in [3.8, 4) is 5.88 Å². The van der Waals surface area contributed by atoms with Gasteiger partial charge in [-0.15, -0.1) is 0 Å². The molecule has 0 aliphatic carbocycles. The number of ether oxygens (including phenoxy) is 2. The average molecular weight is 403 g/mol. The van der Waals surface area contributed by atoms with Crippen LogP contribution in [-0.4, -0.2) is 45.6 Å². The van der Waals surface area contributed by atoms with E-state index in [1.54, 1.807) is 10.6 Å². The molecule has 3 aromatic rings. The van der Waals surface area contributed by atoms with Gasteiger partial charge in [-0.1, -0.05) is 6.07 Å². The maximum Gasteiger partial charge on any atom is 0.280 e. The Hall–Kier alpha value is -3.14. The van der Waals surface area contributed by atoms with Crippen molar-refractivity contribution in [2.45, 2.75) is 25.2 Å². The molecule has 1 fully saturated rings. The second kappa shape index (κ2) is 8.08. The summed E-state index contributed by atoms with van der Waals surface area (Å²) in [6.45, 7) is 1.36. The van der Waals surface area contributed by atoms with Gasteiger partial charge in [-0.25, -0.2) is 18.7 Å². The number of alkyl halides is 2. The Morgan fingerprint density at radius 1 is 1.31 bits per heavy atom. The average Bonchev–Trinajstić information content (AvgIpc) is 3.18. The molecule has 29 heavy (non-hydrogen) atoms. The fourth-order valence-corrected chi connectivity index (χ4v) is 3.24. The molecule has 1 aliphatic rings. The number of hydrogen-bond donors (Lipinski definition) is 1. The van der Waals surface area contributed by atoms with E-state index in [1.165, 1.54) is 19.2 Å². The molecule has 1 saturated heterocycles. The van der Waals surface area contributed by atoms with Gasteiger partial charge in [-0.05, 0) is 25.0 Å². The number of nitrogens with one attached hydrogen (secondary N) is 1. The molecule has 1 N–H and O–H groups in total. The SMILES string of the molecule is COc1nc(NC(=O)c2cccc(C(F)F)n2)cn2cc(C3CCCOC3)nc12. The standard InChI is InChI=1S/C19H19F2N5O3/c1-28-19-17-23-14(11-4-3-7-29-10-11)8-26(17)9-15(25-19)24-18(27)13-6-2-5-12(22-13)16(20)21/h2,5-6,8-9,11,16H,3-4,7,10H2,1H3,(H,24,27). The van der Waals surface area contributed by atoms with Crippen LogP contribution in [0.1, 0.15) is 47.1 Å². The zero-order chi connectivity index (χ0) is 20.4. The van der Waals surface area contributed by atoms with Crippen LogP contribution in [0.3, 0.4) is 0 Å². The summed E-state index contributed by atoms with van der Waals surface area (Å²) in [6.07, 6.45) is 2.64. The molecule has 1 amide bonds. The van der Waals surface area contributed by atoms with Crippen LogP contribution in [0.4, 0.5) is 14.6 Å². The summed E-state index contributed by atoms with van der Waals surface area (Å²) >= 11 is 0. The third-order valence-corrected chi connectivity index (χ3v) is 4.67. The Balaban J connectivity index is 1.62. The lowest BCUT2D eigenvalue weighted by molar-refractivity contribution is 0.0794. The van der Waals surface area contributed by atoms with E-state index in [1.807, 2.05) is 6.20 Å². The number of methoxy groups -OCH3 is 1. The van der Waals surface area contributed by atoms with Crippen LogP contribution in [0.2, 0.25) is 0 Å². The van der Waals surface area contributed by atoms with Crippen LogP contribution in [-0.2, 0) is 4.74 Å². The molecule has 0 spiro atoms. The van der Waals surface area contributed by atoms with Crippen LogP contribution >= 0.6 is 0 Å². The number of hydrogen-bond acceptors (Lipinski definition) is 6. The van der Waals surface area contributed by atoms with Crippen molar-refractivity contribution in [3.63, 3.8) is 0 Å². The first-order valence-electron chi connectivity index (χ1n) is 9.13. The Morgan fingerprint density at radius 2 is 2.17 bits per heavy atom. The number of amides is 1. The van der Waals surface area contributed by atoms with E-state index < -0.39 is 18.0 Å². The first-order valence-corrected chi connectivity index (χ1v) is 9.13. The van der Waals surface area contributed by atoms with Gasteiger partial charge in [-0.3, -0.25) is 9.20 Å². The highest BCUT2D eigenvalue weighted by molar-refractivity contribution is 6.02. The van der Waals surface area contributed by atoms with E-state index in [-0.39, 0.29) is 23.3 Å². The van der Waals surface area contributed by atoms with Crippen LogP contribution in [0.15, 0.2) is 30.6 Å². The molecule has 0 aromatic carbocycles. The lowest BCUT2D eigenvalue weighted by Gasteiger charge is -2.19. The molecule has 0 bridgehead atoms. The van der Waals surface area contributed by atoms with Gasteiger partial charge in [0, 0.05) is 18.7 Å². The number of nitrogens with zero attached hydrogens (tertiary/aromatic N) is 4. The Kier molecular flexibility index (Phi) is 5.34. The fourth-order valence-electron chi connectivity index (χ4n) is 3.24. The molecule has 10 heteroatoms. The summed E-state index contributed by atoms with van der Waals surface area (Å²) in [5.41, 5.74) is 0.783. The summed E-state index contributed by atoms with van der Waals surface area (Å²) in [6, 6.07) is 3.88. The van der Waals surface area contributed by atoms with Gasteiger partial charge >= 0.3 is 0 Å². The molecule has 152 valence electrons. The van der Waals surface area contributed by atoms with E-state index in [0.29, 0.717) is 12.3 Å². The monoisotopic (exact) mass is 403 g/mol.